The Morgan fingerprint density at radius 1 is 1.40 bits per heavy atom. The number of ether oxygens (including phenoxy) is 2. The molecule has 0 saturated carbocycles. The van der Waals surface area contributed by atoms with E-state index in [4.69, 9.17) is 20.4 Å². The third-order valence-electron chi connectivity index (χ3n) is 2.78. The molecule has 20 heavy (non-hydrogen) atoms. The standard InChI is InChI=1S/C12H21N5O3/c1-9(8-20-3)17(6-7-19-2)12-10(11(13)16-18)14-4-5-15-12/h4-5,9,18H,6-8H2,1-3H3,(H2,13,16). The van der Waals surface area contributed by atoms with E-state index >= 15 is 0 Å². The average molecular weight is 283 g/mol. The molecule has 0 bridgehead atoms. The maximum absolute atomic E-state index is 8.84. The van der Waals surface area contributed by atoms with Crippen LogP contribution in [-0.4, -0.2) is 61.0 Å². The zero-order valence-electron chi connectivity index (χ0n) is 12.0. The Kier molecular flexibility index (Phi) is 6.68. The number of rotatable bonds is 8. The molecule has 0 aliphatic heterocycles. The van der Waals surface area contributed by atoms with Crippen molar-refractivity contribution in [2.45, 2.75) is 13.0 Å². The molecule has 8 heteroatoms. The van der Waals surface area contributed by atoms with E-state index in [-0.39, 0.29) is 11.9 Å². The van der Waals surface area contributed by atoms with Gasteiger partial charge in [-0.15, -0.1) is 0 Å². The zero-order chi connectivity index (χ0) is 15.0. The Morgan fingerprint density at radius 2 is 2.10 bits per heavy atom. The van der Waals surface area contributed by atoms with E-state index < -0.39 is 0 Å². The van der Waals surface area contributed by atoms with E-state index in [1.807, 2.05) is 11.8 Å². The van der Waals surface area contributed by atoms with Crippen LogP contribution in [0.4, 0.5) is 5.82 Å². The van der Waals surface area contributed by atoms with Gasteiger partial charge in [-0.05, 0) is 6.92 Å². The fourth-order valence-corrected chi connectivity index (χ4v) is 1.82. The molecule has 8 nitrogen and oxygen atoms in total. The fraction of sp³-hybridized carbons (Fsp3) is 0.583. The van der Waals surface area contributed by atoms with Gasteiger partial charge in [-0.2, -0.15) is 0 Å². The van der Waals surface area contributed by atoms with Crippen molar-refractivity contribution >= 4 is 11.7 Å². The van der Waals surface area contributed by atoms with Crippen LogP contribution >= 0.6 is 0 Å². The molecular formula is C12H21N5O3. The van der Waals surface area contributed by atoms with Crippen molar-refractivity contribution in [3.05, 3.63) is 18.1 Å². The first kappa shape index (κ1) is 16.1. The molecule has 0 amide bonds. The molecule has 0 aromatic carbocycles. The number of nitrogens with zero attached hydrogens (tertiary/aromatic N) is 4. The fourth-order valence-electron chi connectivity index (χ4n) is 1.82. The van der Waals surface area contributed by atoms with Crippen molar-refractivity contribution in [1.82, 2.24) is 9.97 Å². The van der Waals surface area contributed by atoms with E-state index in [1.165, 1.54) is 6.20 Å². The van der Waals surface area contributed by atoms with Gasteiger partial charge in [0.2, 0.25) is 0 Å². The average Bonchev–Trinajstić information content (AvgIpc) is 2.47. The minimum Gasteiger partial charge on any atom is -0.409 e. The molecule has 0 aliphatic carbocycles. The normalized spacial score (nSPS) is 13.2. The molecule has 1 heterocycles. The molecule has 0 aliphatic rings. The second-order valence-electron chi connectivity index (χ2n) is 4.20. The summed E-state index contributed by atoms with van der Waals surface area (Å²) < 4.78 is 10.3. The van der Waals surface area contributed by atoms with Crippen molar-refractivity contribution < 1.29 is 14.7 Å². The van der Waals surface area contributed by atoms with Gasteiger partial charge in [0, 0.05) is 33.2 Å². The van der Waals surface area contributed by atoms with Gasteiger partial charge >= 0.3 is 0 Å². The zero-order valence-corrected chi connectivity index (χ0v) is 12.0. The van der Waals surface area contributed by atoms with Gasteiger partial charge in [-0.1, -0.05) is 5.16 Å². The third kappa shape index (κ3) is 4.04. The number of hydrogen-bond donors (Lipinski definition) is 2. The minimum atomic E-state index is -0.0832. The lowest BCUT2D eigenvalue weighted by Gasteiger charge is -2.30. The van der Waals surface area contributed by atoms with Crippen LogP contribution in [-0.2, 0) is 9.47 Å². The van der Waals surface area contributed by atoms with Crippen molar-refractivity contribution in [3.8, 4) is 0 Å². The van der Waals surface area contributed by atoms with Crippen molar-refractivity contribution in [3.63, 3.8) is 0 Å². The minimum absolute atomic E-state index is 0.0390. The van der Waals surface area contributed by atoms with Gasteiger partial charge < -0.3 is 25.3 Å². The highest BCUT2D eigenvalue weighted by Gasteiger charge is 2.21. The van der Waals surface area contributed by atoms with Crippen LogP contribution in [0.3, 0.4) is 0 Å². The van der Waals surface area contributed by atoms with Crippen LogP contribution in [0, 0.1) is 0 Å². The molecule has 3 N–H and O–H groups in total. The van der Waals surface area contributed by atoms with E-state index in [9.17, 15) is 0 Å². The number of methoxy groups -OCH3 is 2. The summed E-state index contributed by atoms with van der Waals surface area (Å²) in [5.74, 6) is 0.449. The second-order valence-corrected chi connectivity index (χ2v) is 4.20. The second kappa shape index (κ2) is 8.28. The Balaban J connectivity index is 3.12. The first-order valence-corrected chi connectivity index (χ1v) is 6.19. The largest absolute Gasteiger partial charge is 0.409 e. The van der Waals surface area contributed by atoms with Crippen LogP contribution in [0.2, 0.25) is 0 Å². The topological polar surface area (TPSA) is 106 Å². The van der Waals surface area contributed by atoms with Crippen LogP contribution in [0.25, 0.3) is 0 Å². The van der Waals surface area contributed by atoms with Gasteiger partial charge in [-0.25, -0.2) is 9.97 Å². The molecule has 112 valence electrons. The van der Waals surface area contributed by atoms with Gasteiger partial charge in [0.1, 0.15) is 0 Å². The number of oxime groups is 1. The number of anilines is 1. The number of aromatic nitrogens is 2. The monoisotopic (exact) mass is 283 g/mol. The third-order valence-corrected chi connectivity index (χ3v) is 2.78. The molecule has 1 aromatic heterocycles. The summed E-state index contributed by atoms with van der Waals surface area (Å²) in [5.41, 5.74) is 5.97. The van der Waals surface area contributed by atoms with Crippen LogP contribution in [0.5, 0.6) is 0 Å². The Hall–Kier alpha value is -1.93. The van der Waals surface area contributed by atoms with Gasteiger partial charge in [-0.3, -0.25) is 0 Å². The molecule has 1 rings (SSSR count). The summed E-state index contributed by atoms with van der Waals surface area (Å²) in [6.07, 6.45) is 3.05. The van der Waals surface area contributed by atoms with Crippen molar-refractivity contribution in [2.24, 2.45) is 10.9 Å². The quantitative estimate of drug-likeness (QED) is 0.301. The molecular weight excluding hydrogens is 262 g/mol. The van der Waals surface area contributed by atoms with Crippen LogP contribution in [0.15, 0.2) is 17.5 Å². The molecule has 0 spiro atoms. The van der Waals surface area contributed by atoms with E-state index in [0.717, 1.165) is 0 Å². The smallest absolute Gasteiger partial charge is 0.192 e. The van der Waals surface area contributed by atoms with Crippen molar-refractivity contribution in [2.75, 3.05) is 38.9 Å². The molecule has 1 aromatic rings. The van der Waals surface area contributed by atoms with E-state index in [0.29, 0.717) is 31.3 Å². The maximum atomic E-state index is 8.84. The molecule has 0 radical (unpaired) electrons. The SMILES string of the molecule is COCCN(c1nccnc1C(N)=NO)C(C)COC. The Bertz CT molecular complexity index is 441. The predicted molar refractivity (Wildman–Crippen MR) is 75.1 cm³/mol. The highest BCUT2D eigenvalue weighted by Crippen LogP contribution is 2.17. The lowest BCUT2D eigenvalue weighted by atomic mass is 10.2. The van der Waals surface area contributed by atoms with E-state index in [1.54, 1.807) is 20.4 Å². The Morgan fingerprint density at radius 3 is 2.70 bits per heavy atom. The molecule has 1 unspecified atom stereocenters. The molecule has 1 atom stereocenters. The maximum Gasteiger partial charge on any atom is 0.192 e. The summed E-state index contributed by atoms with van der Waals surface area (Å²) in [5, 5.41) is 11.8. The van der Waals surface area contributed by atoms with Gasteiger partial charge in [0.25, 0.3) is 0 Å². The lowest BCUT2D eigenvalue weighted by molar-refractivity contribution is 0.170. The number of hydrogen-bond acceptors (Lipinski definition) is 7. The van der Waals surface area contributed by atoms with E-state index in [2.05, 4.69) is 15.1 Å². The Labute approximate surface area is 118 Å². The highest BCUT2D eigenvalue weighted by atomic mass is 16.5. The van der Waals surface area contributed by atoms with Crippen LogP contribution in [0.1, 0.15) is 12.6 Å². The van der Waals surface area contributed by atoms with Crippen LogP contribution < -0.4 is 10.6 Å². The number of amidine groups is 1. The predicted octanol–water partition coefficient (Wildman–Crippen LogP) is 0.0588. The van der Waals surface area contributed by atoms with Gasteiger partial charge in [0.15, 0.2) is 17.3 Å². The molecule has 0 fully saturated rings. The summed E-state index contributed by atoms with van der Waals surface area (Å²) in [7, 11) is 3.26. The number of nitrogens with two attached hydrogens (primary N) is 1. The summed E-state index contributed by atoms with van der Waals surface area (Å²) in [4.78, 5) is 10.4. The van der Waals surface area contributed by atoms with Crippen molar-refractivity contribution in [1.29, 1.82) is 0 Å². The molecule has 0 saturated heterocycles. The first-order valence-electron chi connectivity index (χ1n) is 6.19. The lowest BCUT2D eigenvalue weighted by Crippen LogP contribution is -2.40. The summed E-state index contributed by atoms with van der Waals surface area (Å²) in [6, 6.07) is 0.0390. The first-order chi connectivity index (χ1) is 9.65. The van der Waals surface area contributed by atoms with Gasteiger partial charge in [0.05, 0.1) is 19.3 Å². The summed E-state index contributed by atoms with van der Waals surface area (Å²) >= 11 is 0. The highest BCUT2D eigenvalue weighted by molar-refractivity contribution is 5.99. The summed E-state index contributed by atoms with van der Waals surface area (Å²) in [6.45, 7) is 3.60.